The van der Waals surface area contributed by atoms with Crippen molar-refractivity contribution in [1.29, 1.82) is 0 Å². The lowest BCUT2D eigenvalue weighted by atomic mass is 9.91. The molecule has 0 radical (unpaired) electrons. The summed E-state index contributed by atoms with van der Waals surface area (Å²) < 4.78 is 18.7. The molecule has 0 aromatic heterocycles. The second kappa shape index (κ2) is 9.06. The lowest BCUT2D eigenvalue weighted by molar-refractivity contribution is -0.140. The first-order valence-corrected chi connectivity index (χ1v) is 11.1. The van der Waals surface area contributed by atoms with Gasteiger partial charge in [0.15, 0.2) is 0 Å². The van der Waals surface area contributed by atoms with Crippen LogP contribution in [-0.4, -0.2) is 28.8 Å². The van der Waals surface area contributed by atoms with E-state index < -0.39 is 17.7 Å². The average molecular weight is 467 g/mol. The lowest BCUT2D eigenvalue weighted by Crippen LogP contribution is -2.29. The van der Waals surface area contributed by atoms with E-state index in [4.69, 9.17) is 4.74 Å². The maximum Gasteiger partial charge on any atom is 0.295 e. The molecule has 1 N–H and O–H groups in total. The standard InChI is InChI=1S/C29H22FNO4/c1-35-22-15-11-20(12-16-22)27(32)25-26(24-8-4-6-19-5-2-3-7-23(19)24)31(29(34)28(25)33)17-18-9-13-21(30)14-10-18/h2-16,26,32H,17H2,1H3/b27-25-. The van der Waals surface area contributed by atoms with Gasteiger partial charge in [0.1, 0.15) is 17.3 Å². The van der Waals surface area contributed by atoms with Gasteiger partial charge in [-0.1, -0.05) is 54.6 Å². The highest BCUT2D eigenvalue weighted by Crippen LogP contribution is 2.42. The predicted octanol–water partition coefficient (Wildman–Crippen LogP) is 5.61. The van der Waals surface area contributed by atoms with E-state index in [1.165, 1.54) is 24.1 Å². The molecular formula is C29H22FNO4. The van der Waals surface area contributed by atoms with Crippen LogP contribution < -0.4 is 4.74 Å². The highest BCUT2D eigenvalue weighted by Gasteiger charge is 2.46. The molecule has 1 fully saturated rings. The summed E-state index contributed by atoms with van der Waals surface area (Å²) in [5.41, 5.74) is 1.80. The monoisotopic (exact) mass is 467 g/mol. The van der Waals surface area contributed by atoms with Gasteiger partial charge in [-0.2, -0.15) is 0 Å². The smallest absolute Gasteiger partial charge is 0.295 e. The minimum absolute atomic E-state index is 0.0126. The van der Waals surface area contributed by atoms with Crippen molar-refractivity contribution in [2.45, 2.75) is 12.6 Å². The molecule has 174 valence electrons. The van der Waals surface area contributed by atoms with Gasteiger partial charge >= 0.3 is 0 Å². The van der Waals surface area contributed by atoms with Crippen molar-refractivity contribution in [1.82, 2.24) is 4.90 Å². The van der Waals surface area contributed by atoms with Crippen molar-refractivity contribution in [2.24, 2.45) is 0 Å². The molecule has 0 bridgehead atoms. The number of fused-ring (bicyclic) bond motifs is 1. The van der Waals surface area contributed by atoms with Crippen LogP contribution in [0.2, 0.25) is 0 Å². The van der Waals surface area contributed by atoms with E-state index in [-0.39, 0.29) is 23.7 Å². The maximum atomic E-state index is 13.5. The largest absolute Gasteiger partial charge is 0.507 e. The minimum atomic E-state index is -0.826. The number of likely N-dealkylation sites (tertiary alicyclic amines) is 1. The van der Waals surface area contributed by atoms with Crippen LogP contribution in [0, 0.1) is 5.82 Å². The van der Waals surface area contributed by atoms with Crippen molar-refractivity contribution in [2.75, 3.05) is 7.11 Å². The summed E-state index contributed by atoms with van der Waals surface area (Å²) >= 11 is 0. The molecule has 1 aliphatic rings. The Balaban J connectivity index is 1.70. The van der Waals surface area contributed by atoms with E-state index in [1.807, 2.05) is 42.5 Å². The van der Waals surface area contributed by atoms with Gasteiger partial charge in [-0.25, -0.2) is 4.39 Å². The Labute approximate surface area is 201 Å². The van der Waals surface area contributed by atoms with E-state index >= 15 is 0 Å². The van der Waals surface area contributed by atoms with Gasteiger partial charge < -0.3 is 14.7 Å². The summed E-state index contributed by atoms with van der Waals surface area (Å²) in [5, 5.41) is 13.1. The van der Waals surface area contributed by atoms with Crippen molar-refractivity contribution >= 4 is 28.2 Å². The third-order valence-corrected chi connectivity index (χ3v) is 6.29. The van der Waals surface area contributed by atoms with Gasteiger partial charge in [0, 0.05) is 12.1 Å². The molecule has 6 heteroatoms. The van der Waals surface area contributed by atoms with Crippen molar-refractivity contribution in [3.05, 3.63) is 119 Å². The van der Waals surface area contributed by atoms with E-state index in [2.05, 4.69) is 0 Å². The van der Waals surface area contributed by atoms with Crippen LogP contribution in [0.25, 0.3) is 16.5 Å². The molecule has 5 nitrogen and oxygen atoms in total. The van der Waals surface area contributed by atoms with E-state index in [0.29, 0.717) is 16.9 Å². The van der Waals surface area contributed by atoms with E-state index in [0.717, 1.165) is 16.3 Å². The van der Waals surface area contributed by atoms with Gasteiger partial charge in [0.25, 0.3) is 11.7 Å². The highest BCUT2D eigenvalue weighted by atomic mass is 19.1. The number of ketones is 1. The predicted molar refractivity (Wildman–Crippen MR) is 131 cm³/mol. The average Bonchev–Trinajstić information content (AvgIpc) is 3.14. The molecule has 1 amide bonds. The lowest BCUT2D eigenvalue weighted by Gasteiger charge is -2.26. The molecule has 0 saturated carbocycles. The number of nitrogens with zero attached hydrogens (tertiary/aromatic N) is 1. The van der Waals surface area contributed by atoms with Crippen LogP contribution in [0.1, 0.15) is 22.7 Å². The summed E-state index contributed by atoms with van der Waals surface area (Å²) in [4.78, 5) is 28.0. The third-order valence-electron chi connectivity index (χ3n) is 6.29. The number of ether oxygens (including phenoxy) is 1. The number of aliphatic hydroxyl groups excluding tert-OH is 1. The number of amides is 1. The molecule has 1 heterocycles. The topological polar surface area (TPSA) is 66.8 Å². The van der Waals surface area contributed by atoms with Crippen molar-refractivity contribution in [3.8, 4) is 5.75 Å². The Morgan fingerprint density at radius 2 is 1.60 bits per heavy atom. The van der Waals surface area contributed by atoms with Crippen molar-refractivity contribution in [3.63, 3.8) is 0 Å². The van der Waals surface area contributed by atoms with Gasteiger partial charge in [0.05, 0.1) is 18.7 Å². The SMILES string of the molecule is COc1ccc(/C(O)=C2/C(=O)C(=O)N(Cc3ccc(F)cc3)C2c2cccc3ccccc23)cc1. The van der Waals surface area contributed by atoms with Gasteiger partial charge in [0.2, 0.25) is 0 Å². The summed E-state index contributed by atoms with van der Waals surface area (Å²) in [6, 6.07) is 25.0. The second-order valence-electron chi connectivity index (χ2n) is 8.35. The summed E-state index contributed by atoms with van der Waals surface area (Å²) in [5.74, 6) is -1.53. The number of hydrogen-bond donors (Lipinski definition) is 1. The zero-order valence-electron chi connectivity index (χ0n) is 18.9. The van der Waals surface area contributed by atoms with Gasteiger partial charge in [-0.05, 0) is 58.3 Å². The van der Waals surface area contributed by atoms with Crippen LogP contribution >= 0.6 is 0 Å². The molecule has 4 aromatic carbocycles. The number of Topliss-reactive ketones (excluding diaryl/α,β-unsaturated/α-hetero) is 1. The fourth-order valence-corrected chi connectivity index (χ4v) is 4.55. The van der Waals surface area contributed by atoms with Gasteiger partial charge in [-0.15, -0.1) is 0 Å². The minimum Gasteiger partial charge on any atom is -0.507 e. The fraction of sp³-hybridized carbons (Fsp3) is 0.103. The molecule has 1 unspecified atom stereocenters. The number of benzene rings is 4. The Bertz CT molecular complexity index is 1450. The van der Waals surface area contributed by atoms with Crippen LogP contribution in [-0.2, 0) is 16.1 Å². The molecule has 1 saturated heterocycles. The quantitative estimate of drug-likeness (QED) is 0.235. The van der Waals surface area contributed by atoms with Crippen LogP contribution in [0.15, 0.2) is 96.6 Å². The molecular weight excluding hydrogens is 445 g/mol. The Morgan fingerprint density at radius 3 is 2.31 bits per heavy atom. The number of carbonyl (C=O) groups excluding carboxylic acids is 2. The van der Waals surface area contributed by atoms with Gasteiger partial charge in [-0.3, -0.25) is 9.59 Å². The summed E-state index contributed by atoms with van der Waals surface area (Å²) in [6.45, 7) is 0.0815. The second-order valence-corrected chi connectivity index (χ2v) is 8.35. The third kappa shape index (κ3) is 4.04. The van der Waals surface area contributed by atoms with Crippen LogP contribution in [0.4, 0.5) is 4.39 Å². The molecule has 1 atom stereocenters. The number of hydrogen-bond acceptors (Lipinski definition) is 4. The van der Waals surface area contributed by atoms with E-state index in [9.17, 15) is 19.1 Å². The Hall–Kier alpha value is -4.45. The molecule has 0 aliphatic carbocycles. The first kappa shape index (κ1) is 22.3. The summed E-state index contributed by atoms with van der Waals surface area (Å²) in [6.07, 6.45) is 0. The van der Waals surface area contributed by atoms with E-state index in [1.54, 1.807) is 36.4 Å². The zero-order valence-corrected chi connectivity index (χ0v) is 18.9. The number of methoxy groups -OCH3 is 1. The molecule has 1 aliphatic heterocycles. The number of halogens is 1. The molecule has 35 heavy (non-hydrogen) atoms. The maximum absolute atomic E-state index is 13.5. The van der Waals surface area contributed by atoms with Crippen LogP contribution in [0.5, 0.6) is 5.75 Å². The molecule has 0 spiro atoms. The fourth-order valence-electron chi connectivity index (χ4n) is 4.55. The van der Waals surface area contributed by atoms with Crippen LogP contribution in [0.3, 0.4) is 0 Å². The molecule has 5 rings (SSSR count). The normalized spacial score (nSPS) is 17.2. The first-order chi connectivity index (χ1) is 17.0. The Morgan fingerprint density at radius 1 is 0.914 bits per heavy atom. The first-order valence-electron chi connectivity index (χ1n) is 11.1. The Kier molecular flexibility index (Phi) is 5.79. The number of aliphatic hydroxyl groups is 1. The number of rotatable bonds is 5. The summed E-state index contributed by atoms with van der Waals surface area (Å²) in [7, 11) is 1.54. The number of carbonyl (C=O) groups is 2. The van der Waals surface area contributed by atoms with Crippen molar-refractivity contribution < 1.29 is 23.8 Å². The zero-order chi connectivity index (χ0) is 24.5. The highest BCUT2D eigenvalue weighted by molar-refractivity contribution is 6.46. The molecule has 4 aromatic rings.